The lowest BCUT2D eigenvalue weighted by Gasteiger charge is -2.27. The number of imidazole rings is 1. The molecule has 31 heavy (non-hydrogen) atoms. The standard InChI is InChI=1S/C20H22N4O7/c1-10-11(2)24(30)18(23(10)8-9-25)14(15-16(26)21-20(29)22-17(15)27)12-4-6-13(7-5-12)19(28)31-3/h4-7,14-15,25H,8-9H2,1-3H3,(H2,21,22,26,27,29). The summed E-state index contributed by atoms with van der Waals surface area (Å²) in [5.41, 5.74) is 1.53. The smallest absolute Gasteiger partial charge is 0.337 e. The highest BCUT2D eigenvalue weighted by atomic mass is 16.5. The number of hydrogen-bond donors (Lipinski definition) is 3. The van der Waals surface area contributed by atoms with Crippen LogP contribution in [0.3, 0.4) is 0 Å². The van der Waals surface area contributed by atoms with Crippen LogP contribution in [0.15, 0.2) is 24.3 Å². The molecule has 3 rings (SSSR count). The number of nitrogens with zero attached hydrogens (tertiary/aromatic N) is 2. The van der Waals surface area contributed by atoms with E-state index in [0.29, 0.717) is 21.7 Å². The van der Waals surface area contributed by atoms with Crippen molar-refractivity contribution >= 4 is 23.8 Å². The molecular weight excluding hydrogens is 408 g/mol. The summed E-state index contributed by atoms with van der Waals surface area (Å²) in [6.07, 6.45) is 0. The lowest BCUT2D eigenvalue weighted by atomic mass is 9.82. The fourth-order valence-corrected chi connectivity index (χ4v) is 3.74. The highest BCUT2D eigenvalue weighted by Gasteiger charge is 2.47. The Bertz CT molecular complexity index is 1040. The van der Waals surface area contributed by atoms with Crippen LogP contribution in [-0.2, 0) is 20.9 Å². The molecule has 1 atom stereocenters. The molecule has 1 unspecified atom stereocenters. The van der Waals surface area contributed by atoms with E-state index in [-0.39, 0.29) is 24.5 Å². The van der Waals surface area contributed by atoms with Crippen LogP contribution >= 0.6 is 0 Å². The van der Waals surface area contributed by atoms with Gasteiger partial charge in [0.05, 0.1) is 19.3 Å². The molecule has 11 nitrogen and oxygen atoms in total. The number of hydrogen-bond acceptors (Lipinski definition) is 7. The van der Waals surface area contributed by atoms with Crippen molar-refractivity contribution in [2.45, 2.75) is 26.3 Å². The van der Waals surface area contributed by atoms with Crippen molar-refractivity contribution in [3.63, 3.8) is 0 Å². The van der Waals surface area contributed by atoms with Gasteiger partial charge in [-0.3, -0.25) is 20.2 Å². The first-order chi connectivity index (χ1) is 14.7. The molecule has 0 spiro atoms. The number of ether oxygens (including phenoxy) is 1. The number of carbonyl (C=O) groups excluding carboxylic acids is 4. The van der Waals surface area contributed by atoms with Gasteiger partial charge in [0.25, 0.3) is 5.82 Å². The summed E-state index contributed by atoms with van der Waals surface area (Å²) in [5.74, 6) is -4.77. The summed E-state index contributed by atoms with van der Waals surface area (Å²) in [7, 11) is 1.24. The average molecular weight is 430 g/mol. The van der Waals surface area contributed by atoms with Gasteiger partial charge in [-0.05, 0) is 17.7 Å². The van der Waals surface area contributed by atoms with Gasteiger partial charge in [-0.2, -0.15) is 0 Å². The first-order valence-electron chi connectivity index (χ1n) is 9.45. The molecule has 1 saturated heterocycles. The number of aromatic nitrogens is 2. The van der Waals surface area contributed by atoms with Crippen molar-refractivity contribution in [2.75, 3.05) is 13.7 Å². The van der Waals surface area contributed by atoms with Gasteiger partial charge in [0.15, 0.2) is 0 Å². The number of amides is 4. The first-order valence-corrected chi connectivity index (χ1v) is 9.45. The summed E-state index contributed by atoms with van der Waals surface area (Å²) in [6.45, 7) is 3.05. The van der Waals surface area contributed by atoms with Crippen LogP contribution in [0.4, 0.5) is 4.79 Å². The fraction of sp³-hybridized carbons (Fsp3) is 0.350. The Morgan fingerprint density at radius 2 is 1.77 bits per heavy atom. The molecule has 1 aliphatic rings. The minimum absolute atomic E-state index is 0.0551. The highest BCUT2D eigenvalue weighted by Crippen LogP contribution is 2.33. The van der Waals surface area contributed by atoms with E-state index < -0.39 is 35.7 Å². The minimum Gasteiger partial charge on any atom is -0.711 e. The van der Waals surface area contributed by atoms with Crippen molar-refractivity contribution in [1.82, 2.24) is 15.2 Å². The van der Waals surface area contributed by atoms with E-state index in [2.05, 4.69) is 15.4 Å². The maximum Gasteiger partial charge on any atom is 0.337 e. The van der Waals surface area contributed by atoms with Gasteiger partial charge in [-0.25, -0.2) is 18.9 Å². The number of benzene rings is 1. The Morgan fingerprint density at radius 1 is 1.19 bits per heavy atom. The largest absolute Gasteiger partial charge is 0.711 e. The lowest BCUT2D eigenvalue weighted by molar-refractivity contribution is -0.621. The predicted molar refractivity (Wildman–Crippen MR) is 105 cm³/mol. The van der Waals surface area contributed by atoms with Gasteiger partial charge in [-0.1, -0.05) is 12.1 Å². The molecule has 0 aliphatic carbocycles. The van der Waals surface area contributed by atoms with Crippen LogP contribution in [0, 0.1) is 25.0 Å². The molecule has 1 fully saturated rings. The molecule has 0 bridgehead atoms. The van der Waals surface area contributed by atoms with E-state index in [1.54, 1.807) is 13.8 Å². The second kappa shape index (κ2) is 8.56. The highest BCUT2D eigenvalue weighted by molar-refractivity contribution is 6.16. The van der Waals surface area contributed by atoms with Crippen LogP contribution < -0.4 is 15.4 Å². The maximum atomic E-state index is 13.1. The molecular formula is C20H22N4O7. The van der Waals surface area contributed by atoms with E-state index in [9.17, 15) is 29.5 Å². The molecule has 11 heteroatoms. The number of aliphatic hydroxyl groups is 1. The van der Waals surface area contributed by atoms with Crippen molar-refractivity contribution in [3.05, 3.63) is 57.8 Å². The van der Waals surface area contributed by atoms with Crippen LogP contribution in [0.25, 0.3) is 0 Å². The molecule has 1 aromatic heterocycles. The molecule has 164 valence electrons. The zero-order valence-corrected chi connectivity index (χ0v) is 17.2. The van der Waals surface area contributed by atoms with Gasteiger partial charge in [0.1, 0.15) is 29.8 Å². The third kappa shape index (κ3) is 3.87. The van der Waals surface area contributed by atoms with E-state index in [1.165, 1.54) is 35.9 Å². The summed E-state index contributed by atoms with van der Waals surface area (Å²) in [6, 6.07) is 4.97. The Hall–Kier alpha value is -3.73. The van der Waals surface area contributed by atoms with Gasteiger partial charge in [-0.15, -0.1) is 0 Å². The number of carbonyl (C=O) groups is 4. The molecule has 1 aromatic carbocycles. The SMILES string of the molecule is COC(=O)c1ccc(C(c2n(CCO)c(C)c(C)[n+]2[O-])C2C(=O)NC(=O)NC2=O)cc1. The zero-order valence-electron chi connectivity index (χ0n) is 17.2. The van der Waals surface area contributed by atoms with Crippen LogP contribution in [-0.4, -0.2) is 47.2 Å². The van der Waals surface area contributed by atoms with Gasteiger partial charge >= 0.3 is 12.0 Å². The quantitative estimate of drug-likeness (QED) is 0.245. The fourth-order valence-electron chi connectivity index (χ4n) is 3.74. The third-order valence-corrected chi connectivity index (χ3v) is 5.38. The Balaban J connectivity index is 2.23. The summed E-state index contributed by atoms with van der Waals surface area (Å²) >= 11 is 0. The first kappa shape index (κ1) is 22.0. The van der Waals surface area contributed by atoms with Crippen LogP contribution in [0.1, 0.15) is 39.1 Å². The van der Waals surface area contributed by atoms with Crippen molar-refractivity contribution in [1.29, 1.82) is 0 Å². The Kier molecular flexibility index (Phi) is 6.07. The number of aliphatic hydroxyl groups excluding tert-OH is 1. The summed E-state index contributed by atoms with van der Waals surface area (Å²) in [4.78, 5) is 48.6. The number of nitrogens with one attached hydrogen (secondary N) is 2. The van der Waals surface area contributed by atoms with Gasteiger partial charge in [0, 0.05) is 13.8 Å². The topological polar surface area (TPSA) is 154 Å². The maximum absolute atomic E-state index is 13.1. The normalized spacial score (nSPS) is 15.4. The van der Waals surface area contributed by atoms with Crippen molar-refractivity contribution in [2.24, 2.45) is 5.92 Å². The van der Waals surface area contributed by atoms with Crippen LogP contribution in [0.2, 0.25) is 0 Å². The Labute approximate surface area is 177 Å². The number of urea groups is 1. The van der Waals surface area contributed by atoms with Gasteiger partial charge in [0.2, 0.25) is 11.8 Å². The predicted octanol–water partition coefficient (Wildman–Crippen LogP) is -0.369. The van der Waals surface area contributed by atoms with E-state index in [1.807, 2.05) is 0 Å². The second-order valence-corrected chi connectivity index (χ2v) is 7.08. The zero-order chi connectivity index (χ0) is 22.9. The number of imide groups is 2. The number of esters is 1. The number of rotatable bonds is 6. The third-order valence-electron chi connectivity index (χ3n) is 5.38. The number of methoxy groups -OCH3 is 1. The molecule has 4 amide bonds. The molecule has 2 heterocycles. The molecule has 1 aliphatic heterocycles. The molecule has 3 N–H and O–H groups in total. The van der Waals surface area contributed by atoms with E-state index in [4.69, 9.17) is 0 Å². The molecule has 0 radical (unpaired) electrons. The van der Waals surface area contributed by atoms with Gasteiger partial charge < -0.3 is 15.1 Å². The summed E-state index contributed by atoms with van der Waals surface area (Å²) < 4.78 is 6.83. The second-order valence-electron chi connectivity index (χ2n) is 7.08. The van der Waals surface area contributed by atoms with Crippen molar-refractivity contribution in [3.8, 4) is 0 Å². The van der Waals surface area contributed by atoms with Crippen LogP contribution in [0.5, 0.6) is 0 Å². The Morgan fingerprint density at radius 3 is 2.29 bits per heavy atom. The number of barbiturate groups is 1. The monoisotopic (exact) mass is 430 g/mol. The lowest BCUT2D eigenvalue weighted by Crippen LogP contribution is -2.58. The van der Waals surface area contributed by atoms with Crippen molar-refractivity contribution < 1.29 is 33.8 Å². The van der Waals surface area contributed by atoms with E-state index >= 15 is 0 Å². The molecule has 0 saturated carbocycles. The van der Waals surface area contributed by atoms with E-state index in [0.717, 1.165) is 0 Å². The minimum atomic E-state index is -1.44. The average Bonchev–Trinajstić information content (AvgIpc) is 2.94. The summed E-state index contributed by atoms with van der Waals surface area (Å²) in [5, 5.41) is 26.7. The molecule has 2 aromatic rings.